The highest BCUT2D eigenvalue weighted by atomic mass is 35.5. The summed E-state index contributed by atoms with van der Waals surface area (Å²) in [6, 6.07) is 1.81. The van der Waals surface area contributed by atoms with Gasteiger partial charge in [-0.2, -0.15) is 0 Å². The van der Waals surface area contributed by atoms with Gasteiger partial charge in [-0.15, -0.1) is 0 Å². The van der Waals surface area contributed by atoms with Crippen LogP contribution in [-0.4, -0.2) is 24.8 Å². The molecule has 0 saturated heterocycles. The summed E-state index contributed by atoms with van der Waals surface area (Å²) in [5, 5.41) is 7.56. The van der Waals surface area contributed by atoms with Crippen molar-refractivity contribution in [3.8, 4) is 11.5 Å². The molecule has 3 rings (SSSR count). The zero-order valence-corrected chi connectivity index (χ0v) is 11.5. The summed E-state index contributed by atoms with van der Waals surface area (Å²) in [5.41, 5.74) is 7.45. The van der Waals surface area contributed by atoms with Gasteiger partial charge >= 0.3 is 0 Å². The fourth-order valence-electron chi connectivity index (χ4n) is 1.65. The second-order valence-corrected chi connectivity index (χ2v) is 3.82. The minimum atomic E-state index is 0.187. The summed E-state index contributed by atoms with van der Waals surface area (Å²) in [4.78, 5) is 8.31. The second-order valence-electron chi connectivity index (χ2n) is 3.46. The molecule has 0 aliphatic carbocycles. The summed E-state index contributed by atoms with van der Waals surface area (Å²) in [7, 11) is 1.83. The van der Waals surface area contributed by atoms with Crippen LogP contribution < -0.4 is 5.73 Å². The lowest BCUT2D eigenvalue weighted by atomic mass is 10.4. The Bertz CT molecular complexity index is 704. The van der Waals surface area contributed by atoms with Crippen LogP contribution in [0.1, 0.15) is 13.8 Å². The number of fused-ring (bicyclic) bond motifs is 1. The van der Waals surface area contributed by atoms with E-state index in [0.29, 0.717) is 22.2 Å². The molecule has 0 atom stereocenters. The first-order valence-electron chi connectivity index (χ1n) is 5.74. The molecule has 0 fully saturated rings. The first kappa shape index (κ1) is 13.3. The lowest BCUT2D eigenvalue weighted by Gasteiger charge is -1.97. The van der Waals surface area contributed by atoms with Gasteiger partial charge in [0.25, 0.3) is 0 Å². The van der Waals surface area contributed by atoms with Crippen LogP contribution in [0.15, 0.2) is 16.9 Å². The Morgan fingerprint density at radius 3 is 2.63 bits per heavy atom. The van der Waals surface area contributed by atoms with Crippen LogP contribution in [0.2, 0.25) is 5.15 Å². The lowest BCUT2D eigenvalue weighted by molar-refractivity contribution is 0.310. The van der Waals surface area contributed by atoms with Gasteiger partial charge in [-0.05, 0) is 16.4 Å². The van der Waals surface area contributed by atoms with Gasteiger partial charge in [-0.1, -0.05) is 25.4 Å². The average Bonchev–Trinajstić information content (AvgIpc) is 2.98. The van der Waals surface area contributed by atoms with E-state index >= 15 is 0 Å². The maximum absolute atomic E-state index is 5.97. The van der Waals surface area contributed by atoms with E-state index in [4.69, 9.17) is 17.3 Å². The molecule has 0 unspecified atom stereocenters. The molecule has 0 amide bonds. The van der Waals surface area contributed by atoms with Gasteiger partial charge in [-0.3, -0.25) is 0 Å². The van der Waals surface area contributed by atoms with Gasteiger partial charge in [0.05, 0.1) is 5.52 Å². The molecule has 0 aromatic carbocycles. The van der Waals surface area contributed by atoms with E-state index in [1.165, 1.54) is 0 Å². The normalized spacial score (nSPS) is 10.3. The lowest BCUT2D eigenvalue weighted by Crippen LogP contribution is -1.96. The molecule has 7 nitrogen and oxygen atoms in total. The van der Waals surface area contributed by atoms with Gasteiger partial charge in [0, 0.05) is 13.2 Å². The number of imidazole rings is 1. The van der Waals surface area contributed by atoms with E-state index < -0.39 is 0 Å². The molecule has 3 aromatic rings. The fraction of sp³-hybridized carbons (Fsp3) is 0.273. The van der Waals surface area contributed by atoms with E-state index in [-0.39, 0.29) is 5.82 Å². The number of aromatic nitrogens is 5. The molecule has 2 N–H and O–H groups in total. The summed E-state index contributed by atoms with van der Waals surface area (Å²) in [6.45, 7) is 4.00. The monoisotopic (exact) mass is 280 g/mol. The van der Waals surface area contributed by atoms with Crippen molar-refractivity contribution >= 4 is 28.5 Å². The molecule has 0 bridgehead atoms. The van der Waals surface area contributed by atoms with Gasteiger partial charge in [0.2, 0.25) is 0 Å². The van der Waals surface area contributed by atoms with Gasteiger partial charge in [-0.25, -0.2) is 14.6 Å². The predicted molar refractivity (Wildman–Crippen MR) is 72.6 cm³/mol. The first-order chi connectivity index (χ1) is 9.18. The third-order valence-electron chi connectivity index (χ3n) is 2.48. The highest BCUT2D eigenvalue weighted by Gasteiger charge is 2.18. The molecule has 3 aromatic heterocycles. The van der Waals surface area contributed by atoms with E-state index in [1.807, 2.05) is 20.9 Å². The van der Waals surface area contributed by atoms with Crippen molar-refractivity contribution in [3.05, 3.63) is 17.4 Å². The maximum atomic E-state index is 5.97. The molecule has 0 spiro atoms. The standard InChI is InChI=1S/C9H7ClN6O.C2H6/c1-16-4-2-3-12-7(10)5(4)13-9(16)6-8(11)15-17-14-6;1-2/h2-3H,1H3,(H2,11,15);1-2H3. The van der Waals surface area contributed by atoms with E-state index in [2.05, 4.69) is 24.9 Å². The molecule has 3 heterocycles. The summed E-state index contributed by atoms with van der Waals surface area (Å²) < 4.78 is 6.36. The number of aryl methyl sites for hydroxylation is 1. The fourth-order valence-corrected chi connectivity index (χ4v) is 1.85. The predicted octanol–water partition coefficient (Wildman–Crippen LogP) is 2.28. The molecule has 0 aliphatic heterocycles. The van der Waals surface area contributed by atoms with Crippen molar-refractivity contribution < 1.29 is 4.63 Å². The van der Waals surface area contributed by atoms with Crippen molar-refractivity contribution in [1.29, 1.82) is 0 Å². The van der Waals surface area contributed by atoms with Crippen molar-refractivity contribution in [3.63, 3.8) is 0 Å². The molecule has 0 radical (unpaired) electrons. The van der Waals surface area contributed by atoms with Crippen molar-refractivity contribution in [2.24, 2.45) is 7.05 Å². The number of rotatable bonds is 1. The Hall–Kier alpha value is -2.15. The Morgan fingerprint density at radius 1 is 1.32 bits per heavy atom. The van der Waals surface area contributed by atoms with Crippen LogP contribution in [-0.2, 0) is 7.05 Å². The summed E-state index contributed by atoms with van der Waals surface area (Å²) in [6.07, 6.45) is 1.61. The van der Waals surface area contributed by atoms with Crippen LogP contribution >= 0.6 is 11.6 Å². The number of halogens is 1. The van der Waals surface area contributed by atoms with Crippen LogP contribution in [0, 0.1) is 0 Å². The first-order valence-corrected chi connectivity index (χ1v) is 6.11. The SMILES string of the molecule is CC.Cn1c(-c2nonc2N)nc2c(Cl)nccc21. The van der Waals surface area contributed by atoms with Crippen molar-refractivity contribution in [2.45, 2.75) is 13.8 Å². The number of nitrogen functional groups attached to an aromatic ring is 1. The molecule has 0 saturated carbocycles. The van der Waals surface area contributed by atoms with Crippen LogP contribution in [0.5, 0.6) is 0 Å². The maximum Gasteiger partial charge on any atom is 0.199 e. The highest BCUT2D eigenvalue weighted by Crippen LogP contribution is 2.27. The van der Waals surface area contributed by atoms with E-state index in [9.17, 15) is 0 Å². The minimum absolute atomic E-state index is 0.187. The van der Waals surface area contributed by atoms with Crippen LogP contribution in [0.25, 0.3) is 22.6 Å². The highest BCUT2D eigenvalue weighted by molar-refractivity contribution is 6.33. The summed E-state index contributed by atoms with van der Waals surface area (Å²) >= 11 is 5.97. The number of pyridine rings is 1. The number of hydrogen-bond acceptors (Lipinski definition) is 6. The topological polar surface area (TPSA) is 95.7 Å². The summed E-state index contributed by atoms with van der Waals surface area (Å²) in [5.74, 6) is 0.723. The quantitative estimate of drug-likeness (QED) is 0.687. The zero-order chi connectivity index (χ0) is 14.0. The average molecular weight is 281 g/mol. The van der Waals surface area contributed by atoms with Gasteiger partial charge in [0.1, 0.15) is 5.52 Å². The van der Waals surface area contributed by atoms with Crippen molar-refractivity contribution in [1.82, 2.24) is 24.8 Å². The molecule has 0 aliphatic rings. The Kier molecular flexibility index (Phi) is 3.66. The van der Waals surface area contributed by atoms with Gasteiger partial charge < -0.3 is 10.3 Å². The number of anilines is 1. The van der Waals surface area contributed by atoms with Crippen molar-refractivity contribution in [2.75, 3.05) is 5.73 Å². The smallest absolute Gasteiger partial charge is 0.199 e. The molecule has 100 valence electrons. The third kappa shape index (κ3) is 2.12. The van der Waals surface area contributed by atoms with E-state index in [1.54, 1.807) is 16.8 Å². The third-order valence-corrected chi connectivity index (χ3v) is 2.76. The number of nitrogens with zero attached hydrogens (tertiary/aromatic N) is 5. The van der Waals surface area contributed by atoms with Crippen LogP contribution in [0.4, 0.5) is 5.82 Å². The van der Waals surface area contributed by atoms with E-state index in [0.717, 1.165) is 5.52 Å². The van der Waals surface area contributed by atoms with Crippen LogP contribution in [0.3, 0.4) is 0 Å². The Labute approximate surface area is 114 Å². The minimum Gasteiger partial charge on any atom is -0.379 e. The number of hydrogen-bond donors (Lipinski definition) is 1. The largest absolute Gasteiger partial charge is 0.379 e. The van der Waals surface area contributed by atoms with Gasteiger partial charge in [0.15, 0.2) is 22.5 Å². The Morgan fingerprint density at radius 2 is 2.05 bits per heavy atom. The second kappa shape index (κ2) is 5.23. The molecular formula is C11H13ClN6O. The molecular weight excluding hydrogens is 268 g/mol. The number of nitrogens with two attached hydrogens (primary N) is 1. The molecule has 19 heavy (non-hydrogen) atoms. The Balaban J connectivity index is 0.000000637. The zero-order valence-electron chi connectivity index (χ0n) is 10.8. The molecule has 8 heteroatoms.